The van der Waals surface area contributed by atoms with Crippen LogP contribution in [-0.2, 0) is 20.9 Å². The van der Waals surface area contributed by atoms with Gasteiger partial charge in [0.05, 0.1) is 6.42 Å². The molecule has 0 atom stereocenters. The molecule has 0 radical (unpaired) electrons. The topological polar surface area (TPSA) is 99.3 Å². The van der Waals surface area contributed by atoms with Gasteiger partial charge in [-0.15, -0.1) is 0 Å². The SMILES string of the molecule is C=C(CC(=O)NCc1ccccc1)NNC(=O)C(=O)Nc1cccc(Cl)c1C. The van der Waals surface area contributed by atoms with E-state index in [2.05, 4.69) is 28.1 Å². The Morgan fingerprint density at radius 3 is 2.39 bits per heavy atom. The van der Waals surface area contributed by atoms with E-state index in [-0.39, 0.29) is 18.0 Å². The third kappa shape index (κ3) is 6.44. The molecule has 0 aliphatic rings. The summed E-state index contributed by atoms with van der Waals surface area (Å²) in [6.07, 6.45) is -0.0534. The van der Waals surface area contributed by atoms with Crippen LogP contribution in [0.4, 0.5) is 5.69 Å². The summed E-state index contributed by atoms with van der Waals surface area (Å²) in [6.45, 7) is 5.77. The minimum atomic E-state index is -0.926. The van der Waals surface area contributed by atoms with Crippen molar-refractivity contribution in [1.82, 2.24) is 16.2 Å². The monoisotopic (exact) mass is 400 g/mol. The van der Waals surface area contributed by atoms with E-state index in [0.29, 0.717) is 22.8 Å². The summed E-state index contributed by atoms with van der Waals surface area (Å²) in [5.74, 6) is -2.07. The number of hydrogen-bond acceptors (Lipinski definition) is 4. The van der Waals surface area contributed by atoms with Crippen LogP contribution in [-0.4, -0.2) is 17.7 Å². The Morgan fingerprint density at radius 2 is 1.68 bits per heavy atom. The lowest BCUT2D eigenvalue weighted by atomic mass is 10.2. The van der Waals surface area contributed by atoms with Gasteiger partial charge in [-0.1, -0.05) is 54.6 Å². The zero-order valence-corrected chi connectivity index (χ0v) is 16.1. The fourth-order valence-corrected chi connectivity index (χ4v) is 2.40. The van der Waals surface area contributed by atoms with E-state index in [1.165, 1.54) is 0 Å². The third-order valence-corrected chi connectivity index (χ3v) is 4.19. The van der Waals surface area contributed by atoms with Gasteiger partial charge in [-0.05, 0) is 30.2 Å². The van der Waals surface area contributed by atoms with Crippen molar-refractivity contribution < 1.29 is 14.4 Å². The predicted octanol–water partition coefficient (Wildman–Crippen LogP) is 2.43. The van der Waals surface area contributed by atoms with E-state index in [0.717, 1.165) is 5.56 Å². The molecule has 0 fully saturated rings. The summed E-state index contributed by atoms with van der Waals surface area (Å²) in [6, 6.07) is 14.4. The third-order valence-electron chi connectivity index (χ3n) is 3.78. The molecule has 0 spiro atoms. The molecule has 2 rings (SSSR count). The Morgan fingerprint density at radius 1 is 0.964 bits per heavy atom. The van der Waals surface area contributed by atoms with E-state index in [1.54, 1.807) is 25.1 Å². The molecule has 0 unspecified atom stereocenters. The van der Waals surface area contributed by atoms with Gasteiger partial charge in [-0.3, -0.25) is 19.8 Å². The van der Waals surface area contributed by atoms with Gasteiger partial charge in [0, 0.05) is 23.0 Å². The van der Waals surface area contributed by atoms with Crippen molar-refractivity contribution in [1.29, 1.82) is 0 Å². The first kappa shape index (κ1) is 21.0. The van der Waals surface area contributed by atoms with Gasteiger partial charge in [0.15, 0.2) is 0 Å². The van der Waals surface area contributed by atoms with E-state index >= 15 is 0 Å². The lowest BCUT2D eigenvalue weighted by Gasteiger charge is -2.12. The molecular formula is C20H21ClN4O3. The second-order valence-electron chi connectivity index (χ2n) is 5.99. The van der Waals surface area contributed by atoms with Gasteiger partial charge in [-0.25, -0.2) is 0 Å². The molecule has 28 heavy (non-hydrogen) atoms. The summed E-state index contributed by atoms with van der Waals surface area (Å²) >= 11 is 5.98. The number of carbonyl (C=O) groups is 3. The lowest BCUT2D eigenvalue weighted by molar-refractivity contribution is -0.136. The highest BCUT2D eigenvalue weighted by atomic mass is 35.5. The minimum absolute atomic E-state index is 0.0534. The zero-order valence-electron chi connectivity index (χ0n) is 15.3. The molecule has 2 aromatic carbocycles. The Balaban J connectivity index is 1.73. The first-order valence-corrected chi connectivity index (χ1v) is 8.85. The maximum atomic E-state index is 12.0. The second-order valence-corrected chi connectivity index (χ2v) is 6.40. The summed E-state index contributed by atoms with van der Waals surface area (Å²) < 4.78 is 0. The fraction of sp³-hybridized carbons (Fsp3) is 0.150. The first-order valence-electron chi connectivity index (χ1n) is 8.47. The van der Waals surface area contributed by atoms with Crippen molar-refractivity contribution in [2.45, 2.75) is 19.9 Å². The molecular weight excluding hydrogens is 380 g/mol. The normalized spacial score (nSPS) is 9.93. The Labute approximate surface area is 168 Å². The number of benzene rings is 2. The van der Waals surface area contributed by atoms with Gasteiger partial charge < -0.3 is 16.1 Å². The average Bonchev–Trinajstić information content (AvgIpc) is 2.68. The van der Waals surface area contributed by atoms with Gasteiger partial charge in [0.2, 0.25) is 5.91 Å². The number of hydrogen-bond donors (Lipinski definition) is 4. The Kier molecular flexibility index (Phi) is 7.59. The fourth-order valence-electron chi connectivity index (χ4n) is 2.22. The minimum Gasteiger partial charge on any atom is -0.352 e. The molecule has 0 heterocycles. The first-order chi connectivity index (χ1) is 13.4. The van der Waals surface area contributed by atoms with Crippen LogP contribution in [0.5, 0.6) is 0 Å². The molecule has 2 aromatic rings. The number of halogens is 1. The van der Waals surface area contributed by atoms with Crippen LogP contribution < -0.4 is 21.5 Å². The summed E-state index contributed by atoms with van der Waals surface area (Å²) in [4.78, 5) is 35.7. The largest absolute Gasteiger partial charge is 0.352 e. The van der Waals surface area contributed by atoms with Crippen LogP contribution in [0.15, 0.2) is 60.8 Å². The van der Waals surface area contributed by atoms with Crippen LogP contribution in [0.1, 0.15) is 17.5 Å². The van der Waals surface area contributed by atoms with E-state index in [9.17, 15) is 14.4 Å². The molecule has 0 aromatic heterocycles. The van der Waals surface area contributed by atoms with Crippen molar-refractivity contribution in [2.75, 3.05) is 5.32 Å². The smallest absolute Gasteiger partial charge is 0.327 e. The average molecular weight is 401 g/mol. The molecule has 8 heteroatoms. The number of nitrogens with one attached hydrogen (secondary N) is 4. The Bertz CT molecular complexity index is 884. The predicted molar refractivity (Wildman–Crippen MR) is 108 cm³/mol. The second kappa shape index (κ2) is 10.1. The van der Waals surface area contributed by atoms with Crippen LogP contribution in [0, 0.1) is 6.92 Å². The van der Waals surface area contributed by atoms with Crippen molar-refractivity contribution in [2.24, 2.45) is 0 Å². The maximum absolute atomic E-state index is 12.0. The van der Waals surface area contributed by atoms with Crippen LogP contribution in [0.2, 0.25) is 5.02 Å². The number of carbonyl (C=O) groups excluding carboxylic acids is 3. The molecule has 146 valence electrons. The van der Waals surface area contributed by atoms with Gasteiger partial charge >= 0.3 is 11.8 Å². The number of amides is 3. The number of rotatable bonds is 7. The standard InChI is InChI=1S/C20H21ClN4O3/c1-13(11-18(26)22-12-15-7-4-3-5-8-15)24-25-20(28)19(27)23-17-10-6-9-16(21)14(17)2/h3-10,24H,1,11-12H2,2H3,(H,22,26)(H,23,27)(H,25,28). The van der Waals surface area contributed by atoms with Gasteiger partial charge in [0.1, 0.15) is 0 Å². The van der Waals surface area contributed by atoms with Crippen molar-refractivity contribution >= 4 is 35.0 Å². The summed E-state index contributed by atoms with van der Waals surface area (Å²) in [7, 11) is 0. The van der Waals surface area contributed by atoms with Gasteiger partial charge in [-0.2, -0.15) is 0 Å². The highest BCUT2D eigenvalue weighted by Gasteiger charge is 2.15. The molecule has 4 N–H and O–H groups in total. The molecule has 7 nitrogen and oxygen atoms in total. The summed E-state index contributed by atoms with van der Waals surface area (Å²) in [5, 5.41) is 5.69. The quantitative estimate of drug-likeness (QED) is 0.423. The lowest BCUT2D eigenvalue weighted by Crippen LogP contribution is -2.44. The number of anilines is 1. The van der Waals surface area contributed by atoms with Crippen molar-refractivity contribution in [3.63, 3.8) is 0 Å². The van der Waals surface area contributed by atoms with E-state index < -0.39 is 11.8 Å². The Hall–Kier alpha value is -3.32. The molecule has 0 aliphatic carbocycles. The van der Waals surface area contributed by atoms with Gasteiger partial charge in [0.25, 0.3) is 0 Å². The van der Waals surface area contributed by atoms with Crippen LogP contribution >= 0.6 is 11.6 Å². The van der Waals surface area contributed by atoms with Crippen molar-refractivity contribution in [3.05, 3.63) is 77.0 Å². The molecule has 0 aliphatic heterocycles. The highest BCUT2D eigenvalue weighted by molar-refractivity contribution is 6.40. The highest BCUT2D eigenvalue weighted by Crippen LogP contribution is 2.22. The molecule has 0 saturated heterocycles. The molecule has 0 saturated carbocycles. The van der Waals surface area contributed by atoms with E-state index in [4.69, 9.17) is 11.6 Å². The summed E-state index contributed by atoms with van der Waals surface area (Å²) in [5.41, 5.74) is 6.96. The van der Waals surface area contributed by atoms with E-state index in [1.807, 2.05) is 30.3 Å². The van der Waals surface area contributed by atoms with Crippen LogP contribution in [0.3, 0.4) is 0 Å². The van der Waals surface area contributed by atoms with Crippen LogP contribution in [0.25, 0.3) is 0 Å². The zero-order chi connectivity index (χ0) is 20.5. The van der Waals surface area contributed by atoms with Crippen molar-refractivity contribution in [3.8, 4) is 0 Å². The molecule has 3 amide bonds. The molecule has 0 bridgehead atoms. The number of hydrazine groups is 1. The maximum Gasteiger partial charge on any atom is 0.327 e.